The minimum Gasteiger partial charge on any atom is -1.00 e. The number of benzene rings is 2. The summed E-state index contributed by atoms with van der Waals surface area (Å²) in [7, 11) is 0. The molecule has 1 fully saturated rings. The molecule has 31 heavy (non-hydrogen) atoms. The van der Waals surface area contributed by atoms with E-state index in [0.717, 1.165) is 3.63 Å². The van der Waals surface area contributed by atoms with Gasteiger partial charge in [0.15, 0.2) is 0 Å². The van der Waals surface area contributed by atoms with Crippen LogP contribution >= 0.6 is 0 Å². The Morgan fingerprint density at radius 2 is 1.48 bits per heavy atom. The maximum Gasteiger partial charge on any atom is -1.00 e. The molecule has 1 saturated heterocycles. The fraction of sp³-hybridized carbons (Fsp3) is 0.333. The molecule has 0 N–H and O–H groups in total. The summed E-state index contributed by atoms with van der Waals surface area (Å²) in [6, 6.07) is 23.6. The fourth-order valence-corrected chi connectivity index (χ4v) is 30.1. The minimum absolute atomic E-state index is 0. The second kappa shape index (κ2) is 10.1. The normalized spacial score (nSPS) is 21.5. The first-order valence-corrected chi connectivity index (χ1v) is 19.3. The SMILES string of the molecule is CC1=C(C)C(C)[C]([Zr+2]([CH]2C=C(c3ccccc3)c3ccccc32)=[Si]2CCC2)=C1C.[Cl-].[Cl-]. The molecule has 1 aliphatic heterocycles. The van der Waals surface area contributed by atoms with Gasteiger partial charge in [-0.15, -0.1) is 0 Å². The largest absolute Gasteiger partial charge is 1.00 e. The van der Waals surface area contributed by atoms with Gasteiger partial charge in [-0.3, -0.25) is 0 Å². The predicted octanol–water partition coefficient (Wildman–Crippen LogP) is 1.45. The monoisotopic (exact) mass is 542 g/mol. The van der Waals surface area contributed by atoms with Gasteiger partial charge in [-0.05, 0) is 0 Å². The summed E-state index contributed by atoms with van der Waals surface area (Å²) < 4.78 is 2.71. The number of allylic oxidation sites excluding steroid dienone is 5. The van der Waals surface area contributed by atoms with E-state index in [2.05, 4.69) is 88.4 Å². The van der Waals surface area contributed by atoms with Crippen LogP contribution < -0.4 is 24.8 Å². The van der Waals surface area contributed by atoms with E-state index in [9.17, 15) is 0 Å². The smallest absolute Gasteiger partial charge is 1.00 e. The molecule has 5 rings (SSSR count). The summed E-state index contributed by atoms with van der Waals surface area (Å²) in [6.45, 7) is 9.72. The van der Waals surface area contributed by atoms with Crippen molar-refractivity contribution in [1.82, 2.24) is 0 Å². The van der Waals surface area contributed by atoms with Gasteiger partial charge in [-0.1, -0.05) is 0 Å². The van der Waals surface area contributed by atoms with Crippen LogP contribution in [0.25, 0.3) is 5.57 Å². The van der Waals surface area contributed by atoms with E-state index >= 15 is 0 Å². The van der Waals surface area contributed by atoms with Gasteiger partial charge in [0.2, 0.25) is 0 Å². The van der Waals surface area contributed by atoms with Crippen LogP contribution in [0.2, 0.25) is 12.1 Å². The average molecular weight is 545 g/mol. The molecule has 2 aliphatic carbocycles. The van der Waals surface area contributed by atoms with E-state index in [1.54, 1.807) is 34.4 Å². The molecule has 2 unspecified atom stereocenters. The molecule has 3 aliphatic rings. The van der Waals surface area contributed by atoms with Crippen molar-refractivity contribution in [2.45, 2.75) is 49.8 Å². The van der Waals surface area contributed by atoms with Crippen LogP contribution in [-0.2, 0) is 20.4 Å². The third-order valence-electron chi connectivity index (χ3n) is 7.58. The van der Waals surface area contributed by atoms with Crippen LogP contribution in [0.4, 0.5) is 0 Å². The maximum atomic E-state index is 2.72. The summed E-state index contributed by atoms with van der Waals surface area (Å²) in [5.74, 6) is 0.698. The molecule has 2 aromatic carbocycles. The standard InChI is InChI=1S/C15H11.C9H13.C3H6Si.2ClH.Zr/c1-2-6-12(7-3-1)15-11-10-13-8-4-5-9-14(13)15;1-6-5-7(2)9(4)8(6)3;1-2-4-3-1;;;/h1-11H;6H,1-4H3;1-3H2;2*1H;/q;;;;;+2/p-2. The molecular formula is C27H30Cl2SiZr. The van der Waals surface area contributed by atoms with E-state index in [0.29, 0.717) is 5.92 Å². The molecular weight excluding hydrogens is 515 g/mol. The second-order valence-corrected chi connectivity index (χ2v) is 24.4. The molecule has 0 spiro atoms. The fourth-order valence-electron chi connectivity index (χ4n) is 5.47. The Morgan fingerprint density at radius 3 is 2.06 bits per heavy atom. The van der Waals surface area contributed by atoms with Crippen molar-refractivity contribution < 1.29 is 45.2 Å². The summed E-state index contributed by atoms with van der Waals surface area (Å²) in [5.41, 5.74) is 10.8. The maximum absolute atomic E-state index is 2.72. The minimum atomic E-state index is -1.83. The molecule has 160 valence electrons. The predicted molar refractivity (Wildman–Crippen MR) is 123 cm³/mol. The van der Waals surface area contributed by atoms with Gasteiger partial charge in [0.25, 0.3) is 0 Å². The van der Waals surface area contributed by atoms with Crippen LogP contribution in [0.1, 0.15) is 54.4 Å². The Labute approximate surface area is 208 Å². The molecule has 1 heterocycles. The topological polar surface area (TPSA) is 0 Å². The second-order valence-electron chi connectivity index (χ2n) is 8.95. The Hall–Kier alpha value is -0.660. The third-order valence-corrected chi connectivity index (χ3v) is 29.1. The third kappa shape index (κ3) is 4.19. The van der Waals surface area contributed by atoms with Crippen LogP contribution in [0, 0.1) is 5.92 Å². The van der Waals surface area contributed by atoms with Crippen molar-refractivity contribution in [2.75, 3.05) is 0 Å². The zero-order valence-electron chi connectivity index (χ0n) is 18.8. The molecule has 0 amide bonds. The summed E-state index contributed by atoms with van der Waals surface area (Å²) >= 11 is -1.83. The van der Waals surface area contributed by atoms with Crippen molar-refractivity contribution in [3.8, 4) is 0 Å². The summed E-state index contributed by atoms with van der Waals surface area (Å²) in [5, 5.41) is 0. The van der Waals surface area contributed by atoms with E-state index in [1.807, 2.05) is 3.28 Å². The Morgan fingerprint density at radius 1 is 0.839 bits per heavy atom. The molecule has 2 atom stereocenters. The first-order valence-electron chi connectivity index (χ1n) is 11.0. The van der Waals surface area contributed by atoms with Gasteiger partial charge in [0.05, 0.1) is 0 Å². The first-order chi connectivity index (χ1) is 14.1. The number of fused-ring (bicyclic) bond motifs is 1. The van der Waals surface area contributed by atoms with Crippen molar-refractivity contribution in [3.63, 3.8) is 0 Å². The number of rotatable bonds is 3. The Kier molecular flexibility index (Phi) is 8.12. The van der Waals surface area contributed by atoms with E-state index in [1.165, 1.54) is 23.1 Å². The summed E-state index contributed by atoms with van der Waals surface area (Å²) in [6.07, 6.45) is 4.22. The molecule has 0 aromatic heterocycles. The van der Waals surface area contributed by atoms with E-state index in [4.69, 9.17) is 0 Å². The molecule has 4 heteroatoms. The van der Waals surface area contributed by atoms with Gasteiger partial charge < -0.3 is 24.8 Å². The van der Waals surface area contributed by atoms with Crippen molar-refractivity contribution >= 4 is 11.0 Å². The van der Waals surface area contributed by atoms with E-state index in [-0.39, 0.29) is 30.2 Å². The van der Waals surface area contributed by atoms with Crippen molar-refractivity contribution in [3.05, 3.63) is 97.4 Å². The van der Waals surface area contributed by atoms with Crippen molar-refractivity contribution in [1.29, 1.82) is 0 Å². The molecule has 0 bridgehead atoms. The van der Waals surface area contributed by atoms with Gasteiger partial charge in [0.1, 0.15) is 0 Å². The van der Waals surface area contributed by atoms with E-state index < -0.39 is 20.4 Å². The van der Waals surface area contributed by atoms with Crippen molar-refractivity contribution in [2.24, 2.45) is 5.92 Å². The van der Waals surface area contributed by atoms with Gasteiger partial charge in [0, 0.05) is 0 Å². The number of halogens is 2. The number of hydrogen-bond donors (Lipinski definition) is 0. The van der Waals surface area contributed by atoms with Crippen LogP contribution in [0.5, 0.6) is 0 Å². The first kappa shape index (κ1) is 25.0. The van der Waals surface area contributed by atoms with Crippen LogP contribution in [-0.4, -0.2) is 5.43 Å². The zero-order chi connectivity index (χ0) is 20.1. The molecule has 2 aromatic rings. The quantitative estimate of drug-likeness (QED) is 0.514. The molecule has 0 radical (unpaired) electrons. The van der Waals surface area contributed by atoms with Gasteiger partial charge >= 0.3 is 184 Å². The van der Waals surface area contributed by atoms with Crippen LogP contribution in [0.15, 0.2) is 80.7 Å². The van der Waals surface area contributed by atoms with Gasteiger partial charge in [-0.2, -0.15) is 0 Å². The average Bonchev–Trinajstić information content (AvgIpc) is 3.18. The molecule has 0 saturated carbocycles. The zero-order valence-corrected chi connectivity index (χ0v) is 23.8. The van der Waals surface area contributed by atoms with Crippen LogP contribution in [0.3, 0.4) is 0 Å². The summed E-state index contributed by atoms with van der Waals surface area (Å²) in [4.78, 5) is 0. The van der Waals surface area contributed by atoms with Gasteiger partial charge in [-0.25, -0.2) is 0 Å². The number of hydrogen-bond acceptors (Lipinski definition) is 0. The Bertz CT molecular complexity index is 1120. The Balaban J connectivity index is 0.00000136. The molecule has 0 nitrogen and oxygen atoms in total.